The highest BCUT2D eigenvalue weighted by molar-refractivity contribution is 6.33. The fourth-order valence-corrected chi connectivity index (χ4v) is 1.67. The van der Waals surface area contributed by atoms with Gasteiger partial charge in [-0.05, 0) is 6.07 Å². The smallest absolute Gasteiger partial charge is 0.271 e. The van der Waals surface area contributed by atoms with Gasteiger partial charge < -0.3 is 5.32 Å². The number of carbonyl (C=O) groups excluding carboxylic acids is 1. The lowest BCUT2D eigenvalue weighted by molar-refractivity contribution is 0.0945. The van der Waals surface area contributed by atoms with Crippen molar-refractivity contribution >= 4 is 17.5 Å². The van der Waals surface area contributed by atoms with Gasteiger partial charge in [0.2, 0.25) is 0 Å². The SMILES string of the molecule is CC(C)c1ncc(Cl)c(C(=O)NCc2ccncn2)n1. The van der Waals surface area contributed by atoms with E-state index in [0.717, 1.165) is 0 Å². The van der Waals surface area contributed by atoms with Crippen molar-refractivity contribution in [2.24, 2.45) is 0 Å². The average Bonchev–Trinajstić information content (AvgIpc) is 2.46. The topological polar surface area (TPSA) is 80.7 Å². The highest BCUT2D eigenvalue weighted by Gasteiger charge is 2.15. The maximum atomic E-state index is 12.1. The Morgan fingerprint density at radius 2 is 2.20 bits per heavy atom. The van der Waals surface area contributed by atoms with Crippen LogP contribution in [0.2, 0.25) is 5.02 Å². The molecule has 0 spiro atoms. The Balaban J connectivity index is 2.11. The Kier molecular flexibility index (Phi) is 4.57. The minimum atomic E-state index is -0.349. The number of nitrogens with zero attached hydrogens (tertiary/aromatic N) is 4. The normalized spacial score (nSPS) is 10.6. The maximum absolute atomic E-state index is 12.1. The minimum Gasteiger partial charge on any atom is -0.345 e. The molecule has 2 aromatic rings. The molecule has 0 aliphatic rings. The van der Waals surface area contributed by atoms with Crippen LogP contribution in [0, 0.1) is 0 Å². The van der Waals surface area contributed by atoms with Crippen LogP contribution in [0.4, 0.5) is 0 Å². The summed E-state index contributed by atoms with van der Waals surface area (Å²) < 4.78 is 0. The molecule has 1 amide bonds. The standard InChI is InChI=1S/C13H14ClN5O/c1-8(2)12-16-6-10(14)11(19-12)13(20)17-5-9-3-4-15-7-18-9/h3-4,6-8H,5H2,1-2H3,(H,17,20). The van der Waals surface area contributed by atoms with E-state index in [1.54, 1.807) is 12.3 Å². The lowest BCUT2D eigenvalue weighted by atomic mass is 10.2. The number of halogens is 1. The van der Waals surface area contributed by atoms with E-state index in [1.165, 1.54) is 12.5 Å². The maximum Gasteiger partial charge on any atom is 0.271 e. The summed E-state index contributed by atoms with van der Waals surface area (Å²) in [6.07, 6.45) is 4.49. The molecule has 6 nitrogen and oxygen atoms in total. The van der Waals surface area contributed by atoms with Crippen molar-refractivity contribution in [3.63, 3.8) is 0 Å². The van der Waals surface area contributed by atoms with E-state index in [0.29, 0.717) is 18.1 Å². The van der Waals surface area contributed by atoms with Gasteiger partial charge in [-0.1, -0.05) is 25.4 Å². The van der Waals surface area contributed by atoms with Gasteiger partial charge in [-0.2, -0.15) is 0 Å². The van der Waals surface area contributed by atoms with E-state index < -0.39 is 0 Å². The van der Waals surface area contributed by atoms with Crippen LogP contribution in [0.25, 0.3) is 0 Å². The minimum absolute atomic E-state index is 0.126. The summed E-state index contributed by atoms with van der Waals surface area (Å²) in [6, 6.07) is 1.72. The molecule has 0 atom stereocenters. The predicted octanol–water partition coefficient (Wildman–Crippen LogP) is 1.97. The van der Waals surface area contributed by atoms with Crippen molar-refractivity contribution in [1.29, 1.82) is 0 Å². The van der Waals surface area contributed by atoms with Crippen molar-refractivity contribution in [3.8, 4) is 0 Å². The molecule has 0 bridgehead atoms. The Hall–Kier alpha value is -2.08. The van der Waals surface area contributed by atoms with E-state index in [4.69, 9.17) is 11.6 Å². The molecule has 0 saturated carbocycles. The molecule has 1 N–H and O–H groups in total. The first-order valence-corrected chi connectivity index (χ1v) is 6.51. The van der Waals surface area contributed by atoms with Gasteiger partial charge in [-0.25, -0.2) is 19.9 Å². The van der Waals surface area contributed by atoms with E-state index in [-0.39, 0.29) is 22.5 Å². The number of hydrogen-bond acceptors (Lipinski definition) is 5. The van der Waals surface area contributed by atoms with Crippen molar-refractivity contribution in [3.05, 3.63) is 47.0 Å². The van der Waals surface area contributed by atoms with Gasteiger partial charge in [0.15, 0.2) is 0 Å². The number of rotatable bonds is 4. The van der Waals surface area contributed by atoms with Crippen molar-refractivity contribution in [2.75, 3.05) is 0 Å². The summed E-state index contributed by atoms with van der Waals surface area (Å²) in [5.74, 6) is 0.361. The Bertz CT molecular complexity index is 603. The van der Waals surface area contributed by atoms with Gasteiger partial charge in [-0.3, -0.25) is 4.79 Å². The number of amides is 1. The lowest BCUT2D eigenvalue weighted by Gasteiger charge is -2.08. The molecule has 0 aromatic carbocycles. The third kappa shape index (κ3) is 3.48. The molecular weight excluding hydrogens is 278 g/mol. The zero-order valence-corrected chi connectivity index (χ0v) is 11.9. The molecule has 2 aromatic heterocycles. The zero-order valence-electron chi connectivity index (χ0n) is 11.2. The molecule has 0 aliphatic heterocycles. The summed E-state index contributed by atoms with van der Waals surface area (Å²) in [5, 5.41) is 2.95. The van der Waals surface area contributed by atoms with Gasteiger partial charge in [0, 0.05) is 12.1 Å². The molecule has 0 aliphatic carbocycles. The van der Waals surface area contributed by atoms with Crippen molar-refractivity contribution in [2.45, 2.75) is 26.3 Å². The van der Waals surface area contributed by atoms with E-state index in [9.17, 15) is 4.79 Å². The van der Waals surface area contributed by atoms with Crippen LogP contribution in [-0.2, 0) is 6.54 Å². The van der Waals surface area contributed by atoms with Gasteiger partial charge >= 0.3 is 0 Å². The van der Waals surface area contributed by atoms with E-state index >= 15 is 0 Å². The monoisotopic (exact) mass is 291 g/mol. The molecule has 0 radical (unpaired) electrons. The van der Waals surface area contributed by atoms with Gasteiger partial charge in [-0.15, -0.1) is 0 Å². The quantitative estimate of drug-likeness (QED) is 0.931. The van der Waals surface area contributed by atoms with Gasteiger partial charge in [0.1, 0.15) is 17.8 Å². The Labute approximate surface area is 121 Å². The second-order valence-electron chi connectivity index (χ2n) is 4.46. The first-order chi connectivity index (χ1) is 9.58. The highest BCUT2D eigenvalue weighted by atomic mass is 35.5. The van der Waals surface area contributed by atoms with Crippen LogP contribution in [-0.4, -0.2) is 25.8 Å². The second-order valence-corrected chi connectivity index (χ2v) is 4.87. The lowest BCUT2D eigenvalue weighted by Crippen LogP contribution is -2.25. The van der Waals surface area contributed by atoms with E-state index in [2.05, 4.69) is 25.3 Å². The van der Waals surface area contributed by atoms with Gasteiger partial charge in [0.25, 0.3) is 5.91 Å². The number of aromatic nitrogens is 4. The van der Waals surface area contributed by atoms with Crippen LogP contribution in [0.15, 0.2) is 24.8 Å². The van der Waals surface area contributed by atoms with Crippen LogP contribution in [0.3, 0.4) is 0 Å². The summed E-state index contributed by atoms with van der Waals surface area (Å²) >= 11 is 5.97. The number of nitrogens with one attached hydrogen (secondary N) is 1. The molecule has 20 heavy (non-hydrogen) atoms. The Morgan fingerprint density at radius 3 is 2.85 bits per heavy atom. The predicted molar refractivity (Wildman–Crippen MR) is 74.3 cm³/mol. The van der Waals surface area contributed by atoms with Gasteiger partial charge in [0.05, 0.1) is 23.5 Å². The fraction of sp³-hybridized carbons (Fsp3) is 0.308. The Morgan fingerprint density at radius 1 is 1.40 bits per heavy atom. The summed E-state index contributed by atoms with van der Waals surface area (Å²) in [4.78, 5) is 28.2. The van der Waals surface area contributed by atoms with Crippen molar-refractivity contribution < 1.29 is 4.79 Å². The molecule has 0 fully saturated rings. The molecule has 0 saturated heterocycles. The first kappa shape index (κ1) is 14.3. The van der Waals surface area contributed by atoms with Crippen LogP contribution in [0.5, 0.6) is 0 Å². The molecule has 2 rings (SSSR count). The average molecular weight is 292 g/mol. The van der Waals surface area contributed by atoms with Crippen LogP contribution in [0.1, 0.15) is 41.8 Å². The highest BCUT2D eigenvalue weighted by Crippen LogP contribution is 2.16. The molecular formula is C13H14ClN5O. The fourth-order valence-electron chi connectivity index (χ4n) is 1.50. The van der Waals surface area contributed by atoms with Crippen molar-refractivity contribution in [1.82, 2.24) is 25.3 Å². The third-order valence-corrected chi connectivity index (χ3v) is 2.84. The largest absolute Gasteiger partial charge is 0.345 e. The molecule has 7 heteroatoms. The number of carbonyl (C=O) groups is 1. The summed E-state index contributed by atoms with van der Waals surface area (Å²) in [7, 11) is 0. The van der Waals surface area contributed by atoms with E-state index in [1.807, 2.05) is 13.8 Å². The molecule has 2 heterocycles. The zero-order chi connectivity index (χ0) is 14.5. The van der Waals surface area contributed by atoms with Crippen LogP contribution >= 0.6 is 11.6 Å². The third-order valence-electron chi connectivity index (χ3n) is 2.57. The molecule has 0 unspecified atom stereocenters. The summed E-state index contributed by atoms with van der Waals surface area (Å²) in [5.41, 5.74) is 0.891. The van der Waals surface area contributed by atoms with Crippen LogP contribution < -0.4 is 5.32 Å². The number of hydrogen-bond donors (Lipinski definition) is 1. The molecule has 104 valence electrons. The second kappa shape index (κ2) is 6.38. The summed E-state index contributed by atoms with van der Waals surface area (Å²) in [6.45, 7) is 4.19. The first-order valence-electron chi connectivity index (χ1n) is 6.13.